The highest BCUT2D eigenvalue weighted by Crippen LogP contribution is 2.51. The molecule has 4 fully saturated rings. The summed E-state index contributed by atoms with van der Waals surface area (Å²) in [6.07, 6.45) is 8.74. The summed E-state index contributed by atoms with van der Waals surface area (Å²) in [5.74, 6) is 1.01. The van der Waals surface area contributed by atoms with Crippen molar-refractivity contribution in [1.82, 2.24) is 20.0 Å². The normalized spacial score (nSPS) is 32.2. The molecule has 3 heterocycles. The standard InChI is InChI=1S/C19H36N4/c1-21-10-12-23(13-11-21)18-2-8-22(9-3-18)16-17-14-19(15-17)4-6-20-7-5-19/h17-18,20H,2-16H2,1H3. The fourth-order valence-electron chi connectivity index (χ4n) is 5.68. The van der Waals surface area contributed by atoms with Crippen LogP contribution in [0.15, 0.2) is 0 Å². The molecule has 0 aromatic rings. The molecule has 4 aliphatic rings. The average molecular weight is 321 g/mol. The van der Waals surface area contributed by atoms with E-state index in [2.05, 4.69) is 27.1 Å². The summed E-state index contributed by atoms with van der Waals surface area (Å²) < 4.78 is 0. The number of nitrogens with one attached hydrogen (secondary N) is 1. The first kappa shape index (κ1) is 16.3. The highest BCUT2D eigenvalue weighted by molar-refractivity contribution is 4.97. The van der Waals surface area contributed by atoms with Crippen LogP contribution in [0.25, 0.3) is 0 Å². The fourth-order valence-corrected chi connectivity index (χ4v) is 5.68. The first-order valence-electron chi connectivity index (χ1n) is 10.1. The SMILES string of the molecule is CN1CCN(C2CCN(CC3CC4(CCNCC4)C3)CC2)CC1. The molecule has 4 heteroatoms. The smallest absolute Gasteiger partial charge is 0.0121 e. The zero-order valence-corrected chi connectivity index (χ0v) is 15.1. The molecule has 1 saturated carbocycles. The van der Waals surface area contributed by atoms with Gasteiger partial charge in [-0.05, 0) is 83.1 Å². The van der Waals surface area contributed by atoms with E-state index in [0.717, 1.165) is 17.4 Å². The van der Waals surface area contributed by atoms with Crippen LogP contribution in [0, 0.1) is 11.3 Å². The quantitative estimate of drug-likeness (QED) is 0.850. The number of piperidine rings is 2. The Bertz CT molecular complexity index is 369. The van der Waals surface area contributed by atoms with Crippen molar-refractivity contribution >= 4 is 0 Å². The first-order valence-corrected chi connectivity index (χ1v) is 10.1. The molecule has 4 nitrogen and oxygen atoms in total. The second kappa shape index (κ2) is 6.99. The van der Waals surface area contributed by atoms with Gasteiger partial charge in [-0.3, -0.25) is 4.90 Å². The summed E-state index contributed by atoms with van der Waals surface area (Å²) in [5, 5.41) is 3.52. The van der Waals surface area contributed by atoms with Crippen molar-refractivity contribution in [2.24, 2.45) is 11.3 Å². The molecule has 3 saturated heterocycles. The third-order valence-corrected chi connectivity index (χ3v) is 7.24. The van der Waals surface area contributed by atoms with Gasteiger partial charge in [-0.2, -0.15) is 0 Å². The molecule has 0 aromatic heterocycles. The Morgan fingerprint density at radius 1 is 0.913 bits per heavy atom. The van der Waals surface area contributed by atoms with Crippen LogP contribution in [-0.2, 0) is 0 Å². The zero-order chi connectivity index (χ0) is 15.7. The maximum Gasteiger partial charge on any atom is 0.0121 e. The molecular formula is C19H36N4. The summed E-state index contributed by atoms with van der Waals surface area (Å²) in [4.78, 5) is 8.02. The number of hydrogen-bond donors (Lipinski definition) is 1. The Morgan fingerprint density at radius 2 is 1.57 bits per heavy atom. The van der Waals surface area contributed by atoms with Crippen LogP contribution in [-0.4, -0.2) is 86.7 Å². The van der Waals surface area contributed by atoms with Gasteiger partial charge >= 0.3 is 0 Å². The highest BCUT2D eigenvalue weighted by Gasteiger charge is 2.44. The second-order valence-corrected chi connectivity index (χ2v) is 8.90. The van der Waals surface area contributed by atoms with Gasteiger partial charge in [0.05, 0.1) is 0 Å². The van der Waals surface area contributed by atoms with Crippen LogP contribution in [0.1, 0.15) is 38.5 Å². The van der Waals surface area contributed by atoms with Gasteiger partial charge in [-0.15, -0.1) is 0 Å². The Morgan fingerprint density at radius 3 is 2.22 bits per heavy atom. The maximum absolute atomic E-state index is 3.52. The predicted molar refractivity (Wildman–Crippen MR) is 95.8 cm³/mol. The van der Waals surface area contributed by atoms with Crippen LogP contribution >= 0.6 is 0 Å². The lowest BCUT2D eigenvalue weighted by molar-refractivity contribution is -0.00754. The van der Waals surface area contributed by atoms with Crippen LogP contribution in [0.4, 0.5) is 0 Å². The lowest BCUT2D eigenvalue weighted by atomic mass is 9.57. The monoisotopic (exact) mass is 320 g/mol. The van der Waals surface area contributed by atoms with Crippen molar-refractivity contribution in [2.75, 3.05) is 66.0 Å². The number of likely N-dealkylation sites (tertiary alicyclic amines) is 1. The third kappa shape index (κ3) is 3.76. The van der Waals surface area contributed by atoms with Gasteiger partial charge < -0.3 is 15.1 Å². The van der Waals surface area contributed by atoms with Crippen molar-refractivity contribution in [3.05, 3.63) is 0 Å². The van der Waals surface area contributed by atoms with Crippen molar-refractivity contribution in [1.29, 1.82) is 0 Å². The summed E-state index contributed by atoms with van der Waals surface area (Å²) in [6.45, 7) is 11.7. The molecule has 0 atom stereocenters. The van der Waals surface area contributed by atoms with E-state index in [1.54, 1.807) is 0 Å². The van der Waals surface area contributed by atoms with Crippen molar-refractivity contribution < 1.29 is 0 Å². The van der Waals surface area contributed by atoms with Crippen molar-refractivity contribution in [3.63, 3.8) is 0 Å². The van der Waals surface area contributed by atoms with E-state index in [-0.39, 0.29) is 0 Å². The molecular weight excluding hydrogens is 284 g/mol. The van der Waals surface area contributed by atoms with Gasteiger partial charge in [0.15, 0.2) is 0 Å². The predicted octanol–water partition coefficient (Wildman–Crippen LogP) is 1.48. The van der Waals surface area contributed by atoms with E-state index in [0.29, 0.717) is 0 Å². The van der Waals surface area contributed by atoms with Gasteiger partial charge in [0.1, 0.15) is 0 Å². The molecule has 1 N–H and O–H groups in total. The number of rotatable bonds is 3. The number of nitrogens with zero attached hydrogens (tertiary/aromatic N) is 3. The Kier molecular flexibility index (Phi) is 4.96. The minimum Gasteiger partial charge on any atom is -0.317 e. The topological polar surface area (TPSA) is 21.8 Å². The Labute approximate surface area is 142 Å². The van der Waals surface area contributed by atoms with Gasteiger partial charge in [0.2, 0.25) is 0 Å². The molecule has 1 spiro atoms. The number of hydrogen-bond acceptors (Lipinski definition) is 4. The highest BCUT2D eigenvalue weighted by atomic mass is 15.3. The molecule has 1 aliphatic carbocycles. The molecule has 0 aromatic carbocycles. The first-order chi connectivity index (χ1) is 11.2. The summed E-state index contributed by atoms with van der Waals surface area (Å²) in [6, 6.07) is 0.872. The van der Waals surface area contributed by atoms with Gasteiger partial charge in [-0.25, -0.2) is 0 Å². The van der Waals surface area contributed by atoms with E-state index in [1.807, 2.05) is 0 Å². The molecule has 0 amide bonds. The van der Waals surface area contributed by atoms with Crippen LogP contribution in [0.3, 0.4) is 0 Å². The largest absolute Gasteiger partial charge is 0.317 e. The molecule has 4 rings (SSSR count). The Balaban J connectivity index is 1.16. The van der Waals surface area contributed by atoms with Crippen LogP contribution in [0.2, 0.25) is 0 Å². The molecule has 0 unspecified atom stereocenters. The summed E-state index contributed by atoms with van der Waals surface area (Å²) in [5.41, 5.74) is 0.758. The summed E-state index contributed by atoms with van der Waals surface area (Å²) in [7, 11) is 2.26. The lowest BCUT2D eigenvalue weighted by Crippen LogP contribution is -2.53. The number of likely N-dealkylation sites (N-methyl/N-ethyl adjacent to an activating group) is 1. The van der Waals surface area contributed by atoms with E-state index >= 15 is 0 Å². The minimum absolute atomic E-state index is 0.758. The number of piperazine rings is 1. The Hall–Kier alpha value is -0.160. The lowest BCUT2D eigenvalue weighted by Gasteiger charge is -2.52. The second-order valence-electron chi connectivity index (χ2n) is 8.90. The van der Waals surface area contributed by atoms with Gasteiger partial charge in [0.25, 0.3) is 0 Å². The van der Waals surface area contributed by atoms with Crippen LogP contribution in [0.5, 0.6) is 0 Å². The molecule has 0 radical (unpaired) electrons. The van der Waals surface area contributed by atoms with Crippen molar-refractivity contribution in [2.45, 2.75) is 44.6 Å². The van der Waals surface area contributed by atoms with E-state index in [4.69, 9.17) is 0 Å². The minimum atomic E-state index is 0.758. The molecule has 3 aliphatic heterocycles. The molecule has 132 valence electrons. The third-order valence-electron chi connectivity index (χ3n) is 7.24. The fraction of sp³-hybridized carbons (Fsp3) is 1.00. The van der Waals surface area contributed by atoms with E-state index < -0.39 is 0 Å². The van der Waals surface area contributed by atoms with Gasteiger partial charge in [0, 0.05) is 38.8 Å². The van der Waals surface area contributed by atoms with Gasteiger partial charge in [-0.1, -0.05) is 0 Å². The van der Waals surface area contributed by atoms with E-state index in [9.17, 15) is 0 Å². The average Bonchev–Trinajstić information content (AvgIpc) is 2.56. The van der Waals surface area contributed by atoms with E-state index in [1.165, 1.54) is 97.4 Å². The maximum atomic E-state index is 3.52. The molecule has 0 bridgehead atoms. The summed E-state index contributed by atoms with van der Waals surface area (Å²) >= 11 is 0. The van der Waals surface area contributed by atoms with Crippen LogP contribution < -0.4 is 5.32 Å². The zero-order valence-electron chi connectivity index (χ0n) is 15.1. The van der Waals surface area contributed by atoms with Crippen molar-refractivity contribution in [3.8, 4) is 0 Å². The molecule has 23 heavy (non-hydrogen) atoms.